The maximum absolute atomic E-state index is 12.9. The standard InChI is InChI=1S/C17H21BrO2/c1-17-7-5-3-4-6-11(16(17)19)8-13-14(17)9-12(20-2)10-15(13)18/h9-11H,3-8H2,1-2H3. The number of halogens is 1. The van der Waals surface area contributed by atoms with Gasteiger partial charge in [0.1, 0.15) is 11.5 Å². The van der Waals surface area contributed by atoms with E-state index in [1.807, 2.05) is 6.07 Å². The van der Waals surface area contributed by atoms with Gasteiger partial charge in [-0.05, 0) is 49.4 Å². The Bertz CT molecular complexity index is 552. The molecule has 0 heterocycles. The highest BCUT2D eigenvalue weighted by atomic mass is 79.9. The zero-order valence-electron chi connectivity index (χ0n) is 12.2. The summed E-state index contributed by atoms with van der Waals surface area (Å²) in [6, 6.07) is 4.10. The summed E-state index contributed by atoms with van der Waals surface area (Å²) in [4.78, 5) is 12.9. The number of hydrogen-bond acceptors (Lipinski definition) is 2. The van der Waals surface area contributed by atoms with Crippen molar-refractivity contribution in [3.05, 3.63) is 27.7 Å². The second kappa shape index (κ2) is 5.18. The molecule has 0 amide bonds. The van der Waals surface area contributed by atoms with E-state index >= 15 is 0 Å². The molecule has 2 unspecified atom stereocenters. The van der Waals surface area contributed by atoms with Crippen molar-refractivity contribution in [1.29, 1.82) is 0 Å². The fourth-order valence-corrected chi connectivity index (χ4v) is 4.49. The van der Waals surface area contributed by atoms with E-state index < -0.39 is 0 Å². The van der Waals surface area contributed by atoms with E-state index in [9.17, 15) is 4.79 Å². The number of benzene rings is 1. The highest BCUT2D eigenvalue weighted by Crippen LogP contribution is 2.47. The van der Waals surface area contributed by atoms with Crippen LogP contribution in [0.5, 0.6) is 5.75 Å². The molecule has 1 saturated carbocycles. The minimum Gasteiger partial charge on any atom is -0.497 e. The lowest BCUT2D eigenvalue weighted by molar-refractivity contribution is -0.129. The van der Waals surface area contributed by atoms with Crippen LogP contribution in [0.25, 0.3) is 0 Å². The molecule has 108 valence electrons. The predicted octanol–water partition coefficient (Wildman–Crippen LogP) is 4.42. The number of Topliss-reactive ketones (excluding diaryl/α,β-unsaturated/α-hetero) is 1. The number of carbonyl (C=O) groups excluding carboxylic acids is 1. The Morgan fingerprint density at radius 1 is 1.30 bits per heavy atom. The van der Waals surface area contributed by atoms with E-state index in [-0.39, 0.29) is 11.3 Å². The van der Waals surface area contributed by atoms with Crippen molar-refractivity contribution >= 4 is 21.7 Å². The summed E-state index contributed by atoms with van der Waals surface area (Å²) in [6.07, 6.45) is 6.48. The summed E-state index contributed by atoms with van der Waals surface area (Å²) in [5.41, 5.74) is 2.18. The Kier molecular flexibility index (Phi) is 3.65. The van der Waals surface area contributed by atoms with Crippen molar-refractivity contribution in [2.75, 3.05) is 7.11 Å². The molecular weight excluding hydrogens is 316 g/mol. The number of hydrogen-bond donors (Lipinski definition) is 0. The lowest BCUT2D eigenvalue weighted by Gasteiger charge is -2.41. The highest BCUT2D eigenvalue weighted by molar-refractivity contribution is 9.10. The van der Waals surface area contributed by atoms with Gasteiger partial charge in [0.25, 0.3) is 0 Å². The molecule has 0 aliphatic heterocycles. The van der Waals surface area contributed by atoms with Gasteiger partial charge in [0.15, 0.2) is 0 Å². The van der Waals surface area contributed by atoms with Crippen LogP contribution in [0, 0.1) is 5.92 Å². The fourth-order valence-electron chi connectivity index (χ4n) is 3.89. The number of carbonyl (C=O) groups is 1. The van der Waals surface area contributed by atoms with Crippen LogP contribution in [-0.4, -0.2) is 12.9 Å². The van der Waals surface area contributed by atoms with Crippen molar-refractivity contribution in [3.8, 4) is 5.75 Å². The van der Waals surface area contributed by atoms with E-state index in [0.717, 1.165) is 35.9 Å². The third-order valence-corrected chi connectivity index (χ3v) is 5.80. The predicted molar refractivity (Wildman–Crippen MR) is 83.3 cm³/mol. The minimum atomic E-state index is -0.324. The summed E-state index contributed by atoms with van der Waals surface area (Å²) < 4.78 is 6.49. The largest absolute Gasteiger partial charge is 0.497 e. The van der Waals surface area contributed by atoms with Crippen LogP contribution < -0.4 is 4.74 Å². The van der Waals surface area contributed by atoms with Crippen LogP contribution in [0.15, 0.2) is 16.6 Å². The van der Waals surface area contributed by atoms with Crippen molar-refractivity contribution in [3.63, 3.8) is 0 Å². The average molecular weight is 337 g/mol. The maximum atomic E-state index is 12.9. The molecule has 2 aliphatic rings. The molecule has 0 saturated heterocycles. The molecule has 2 atom stereocenters. The molecular formula is C17H21BrO2. The van der Waals surface area contributed by atoms with Crippen LogP contribution in [0.4, 0.5) is 0 Å². The summed E-state index contributed by atoms with van der Waals surface area (Å²) in [5, 5.41) is 0. The summed E-state index contributed by atoms with van der Waals surface area (Å²) in [7, 11) is 1.68. The zero-order valence-corrected chi connectivity index (χ0v) is 13.8. The Labute approximate surface area is 129 Å². The van der Waals surface area contributed by atoms with E-state index in [2.05, 4.69) is 28.9 Å². The molecule has 1 aromatic carbocycles. The minimum absolute atomic E-state index is 0.206. The van der Waals surface area contributed by atoms with E-state index in [1.54, 1.807) is 7.11 Å². The lowest BCUT2D eigenvalue weighted by atomic mass is 9.62. The smallest absolute Gasteiger partial charge is 0.146 e. The SMILES string of the molecule is COc1cc(Br)c2c(c1)C1(C)CCCCCC(C2)C1=O. The number of methoxy groups -OCH3 is 1. The first-order valence-corrected chi connectivity index (χ1v) is 8.27. The topological polar surface area (TPSA) is 26.3 Å². The van der Waals surface area contributed by atoms with Crippen molar-refractivity contribution in [2.24, 2.45) is 5.92 Å². The molecule has 1 fully saturated rings. The summed E-state index contributed by atoms with van der Waals surface area (Å²) >= 11 is 3.68. The first-order chi connectivity index (χ1) is 9.56. The number of fused-ring (bicyclic) bond motifs is 4. The van der Waals surface area contributed by atoms with Crippen molar-refractivity contribution in [2.45, 2.75) is 50.9 Å². The number of rotatable bonds is 1. The van der Waals surface area contributed by atoms with Gasteiger partial charge in [0.2, 0.25) is 0 Å². The molecule has 3 rings (SSSR count). The molecule has 0 N–H and O–H groups in total. The second-order valence-electron chi connectivity index (χ2n) is 6.33. The number of ketones is 1. The van der Waals surface area contributed by atoms with Crippen LogP contribution in [0.1, 0.15) is 50.2 Å². The Morgan fingerprint density at radius 2 is 2.10 bits per heavy atom. The Morgan fingerprint density at radius 3 is 2.85 bits per heavy atom. The molecule has 2 bridgehead atoms. The molecule has 1 aromatic rings. The van der Waals surface area contributed by atoms with Crippen LogP contribution in [0.2, 0.25) is 0 Å². The van der Waals surface area contributed by atoms with E-state index in [0.29, 0.717) is 5.78 Å². The molecule has 2 nitrogen and oxygen atoms in total. The van der Waals surface area contributed by atoms with Crippen LogP contribution >= 0.6 is 15.9 Å². The summed E-state index contributed by atoms with van der Waals surface area (Å²) in [5.74, 6) is 1.49. The first kappa shape index (κ1) is 14.1. The molecule has 3 heteroatoms. The van der Waals surface area contributed by atoms with Gasteiger partial charge in [-0.25, -0.2) is 0 Å². The number of ether oxygens (including phenoxy) is 1. The maximum Gasteiger partial charge on any atom is 0.146 e. The quantitative estimate of drug-likeness (QED) is 0.758. The van der Waals surface area contributed by atoms with Gasteiger partial charge in [0, 0.05) is 10.4 Å². The fraction of sp³-hybridized carbons (Fsp3) is 0.588. The third kappa shape index (κ3) is 2.11. The normalized spacial score (nSPS) is 29.4. The summed E-state index contributed by atoms with van der Waals surface area (Å²) in [6.45, 7) is 2.14. The average Bonchev–Trinajstić information content (AvgIpc) is 2.44. The first-order valence-electron chi connectivity index (χ1n) is 7.47. The van der Waals surface area contributed by atoms with E-state index in [4.69, 9.17) is 4.74 Å². The lowest BCUT2D eigenvalue weighted by Crippen LogP contribution is -2.44. The third-order valence-electron chi connectivity index (χ3n) is 5.09. The van der Waals surface area contributed by atoms with Gasteiger partial charge in [-0.3, -0.25) is 4.79 Å². The van der Waals surface area contributed by atoms with Gasteiger partial charge in [-0.1, -0.05) is 35.2 Å². The van der Waals surface area contributed by atoms with Crippen molar-refractivity contribution < 1.29 is 9.53 Å². The van der Waals surface area contributed by atoms with Crippen molar-refractivity contribution in [1.82, 2.24) is 0 Å². The van der Waals surface area contributed by atoms with Crippen LogP contribution in [-0.2, 0) is 16.6 Å². The molecule has 0 aromatic heterocycles. The Hall–Kier alpha value is -0.830. The van der Waals surface area contributed by atoms with Gasteiger partial charge in [0.05, 0.1) is 12.5 Å². The molecule has 20 heavy (non-hydrogen) atoms. The molecule has 2 aliphatic carbocycles. The van der Waals surface area contributed by atoms with E-state index in [1.165, 1.54) is 24.0 Å². The van der Waals surface area contributed by atoms with Gasteiger partial charge >= 0.3 is 0 Å². The van der Waals surface area contributed by atoms with Gasteiger partial charge < -0.3 is 4.74 Å². The second-order valence-corrected chi connectivity index (χ2v) is 7.19. The van der Waals surface area contributed by atoms with Gasteiger partial charge in [-0.15, -0.1) is 0 Å². The Balaban J connectivity index is 2.18. The highest BCUT2D eigenvalue weighted by Gasteiger charge is 2.45. The van der Waals surface area contributed by atoms with Crippen LogP contribution in [0.3, 0.4) is 0 Å². The van der Waals surface area contributed by atoms with Gasteiger partial charge in [-0.2, -0.15) is 0 Å². The molecule has 0 spiro atoms. The zero-order chi connectivity index (χ0) is 14.3. The monoisotopic (exact) mass is 336 g/mol. The molecule has 0 radical (unpaired) electrons.